The van der Waals surface area contributed by atoms with Crippen LogP contribution in [-0.4, -0.2) is 0 Å². The summed E-state index contributed by atoms with van der Waals surface area (Å²) < 4.78 is 0. The van der Waals surface area contributed by atoms with E-state index in [0.29, 0.717) is 0 Å². The van der Waals surface area contributed by atoms with Crippen LogP contribution in [0.1, 0.15) is 13.3 Å². The molecule has 109 valence electrons. The molecular formula is C21H21P+. The molecule has 0 N–H and O–H groups in total. The second kappa shape index (κ2) is 6.90. The van der Waals surface area contributed by atoms with Crippen molar-refractivity contribution in [1.82, 2.24) is 0 Å². The lowest BCUT2D eigenvalue weighted by Crippen LogP contribution is -2.31. The molecule has 0 bridgehead atoms. The molecule has 0 fully saturated rings. The molecule has 1 heteroatoms. The molecule has 0 amide bonds. The minimum Gasteiger partial charge on any atom is -0.0620 e. The first-order valence-electron chi connectivity index (χ1n) is 7.78. The number of rotatable bonds is 5. The minimum absolute atomic E-state index is 1.06. The van der Waals surface area contributed by atoms with Crippen LogP contribution in [0.5, 0.6) is 0 Å². The Morgan fingerprint density at radius 1 is 0.591 bits per heavy atom. The first kappa shape index (κ1) is 15.0. The lowest BCUT2D eigenvalue weighted by atomic mass is 10.4. The van der Waals surface area contributed by atoms with E-state index >= 15 is 0 Å². The van der Waals surface area contributed by atoms with E-state index in [1.807, 2.05) is 0 Å². The average Bonchev–Trinajstić information content (AvgIpc) is 2.62. The fourth-order valence-corrected chi connectivity index (χ4v) is 7.03. The van der Waals surface area contributed by atoms with Crippen LogP contribution in [0.3, 0.4) is 0 Å². The molecule has 0 saturated heterocycles. The van der Waals surface area contributed by atoms with Crippen LogP contribution in [0, 0.1) is 6.16 Å². The first-order valence-corrected chi connectivity index (χ1v) is 9.63. The van der Waals surface area contributed by atoms with Crippen molar-refractivity contribution in [3.63, 3.8) is 0 Å². The summed E-state index contributed by atoms with van der Waals surface area (Å²) >= 11 is 0. The van der Waals surface area contributed by atoms with Gasteiger partial charge in [-0.15, -0.1) is 0 Å². The summed E-state index contributed by atoms with van der Waals surface area (Å²) in [7, 11) is -1.68. The lowest BCUT2D eigenvalue weighted by Gasteiger charge is -2.26. The fraction of sp³-hybridized carbons (Fsp3) is 0.0952. The molecule has 0 nitrogen and oxygen atoms in total. The summed E-state index contributed by atoms with van der Waals surface area (Å²) in [4.78, 5) is 0. The van der Waals surface area contributed by atoms with Gasteiger partial charge in [-0.2, -0.15) is 0 Å². The fourth-order valence-electron chi connectivity index (χ4n) is 3.03. The quantitative estimate of drug-likeness (QED) is 0.607. The first-order chi connectivity index (χ1) is 10.9. The highest BCUT2D eigenvalue weighted by molar-refractivity contribution is 7.97. The molecule has 0 heterocycles. The molecule has 3 rings (SSSR count). The van der Waals surface area contributed by atoms with Crippen molar-refractivity contribution in [1.29, 1.82) is 0 Å². The van der Waals surface area contributed by atoms with E-state index in [1.54, 1.807) is 0 Å². The van der Waals surface area contributed by atoms with E-state index in [-0.39, 0.29) is 0 Å². The van der Waals surface area contributed by atoms with Gasteiger partial charge in [-0.1, -0.05) is 61.5 Å². The van der Waals surface area contributed by atoms with Gasteiger partial charge in [-0.3, -0.25) is 0 Å². The molecule has 0 aliphatic rings. The summed E-state index contributed by atoms with van der Waals surface area (Å²) in [5.41, 5.74) is 0. The number of hydrogen-bond donors (Lipinski definition) is 0. The molecule has 22 heavy (non-hydrogen) atoms. The predicted octanol–water partition coefficient (Wildman–Crippen LogP) is 4.55. The van der Waals surface area contributed by atoms with Crippen molar-refractivity contribution < 1.29 is 0 Å². The van der Waals surface area contributed by atoms with Crippen molar-refractivity contribution in [3.8, 4) is 0 Å². The molecule has 0 saturated carbocycles. The third-order valence-corrected chi connectivity index (χ3v) is 8.20. The smallest absolute Gasteiger partial charge is 0.0620 e. The van der Waals surface area contributed by atoms with Crippen LogP contribution < -0.4 is 15.9 Å². The van der Waals surface area contributed by atoms with Crippen molar-refractivity contribution in [3.05, 3.63) is 97.2 Å². The van der Waals surface area contributed by atoms with E-state index in [2.05, 4.69) is 104 Å². The Balaban J connectivity index is 2.29. The van der Waals surface area contributed by atoms with Gasteiger partial charge in [0.25, 0.3) is 0 Å². The Morgan fingerprint density at radius 2 is 0.909 bits per heavy atom. The highest BCUT2D eigenvalue weighted by Crippen LogP contribution is 2.58. The monoisotopic (exact) mass is 304 g/mol. The summed E-state index contributed by atoms with van der Waals surface area (Å²) in [5.74, 6) is 0. The van der Waals surface area contributed by atoms with Crippen molar-refractivity contribution >= 4 is 23.2 Å². The molecule has 3 aromatic carbocycles. The Bertz CT molecular complexity index is 593. The van der Waals surface area contributed by atoms with Gasteiger partial charge in [-0.25, -0.2) is 0 Å². The number of hydrogen-bond acceptors (Lipinski definition) is 0. The SMILES string of the molecule is CC[CH][P+](c1ccccc1)(c1ccccc1)c1ccccc1. The van der Waals surface area contributed by atoms with E-state index < -0.39 is 7.26 Å². The highest BCUT2D eigenvalue weighted by Gasteiger charge is 2.44. The normalized spacial score (nSPS) is 11.3. The van der Waals surface area contributed by atoms with Crippen LogP contribution in [0.2, 0.25) is 0 Å². The van der Waals surface area contributed by atoms with E-state index in [1.165, 1.54) is 15.9 Å². The second-order valence-corrected chi connectivity index (χ2v) is 8.68. The largest absolute Gasteiger partial charge is 0.121 e. The second-order valence-electron chi connectivity index (χ2n) is 5.32. The van der Waals surface area contributed by atoms with Gasteiger partial charge < -0.3 is 0 Å². The van der Waals surface area contributed by atoms with Crippen molar-refractivity contribution in [2.24, 2.45) is 0 Å². The van der Waals surface area contributed by atoms with Crippen molar-refractivity contribution in [2.45, 2.75) is 13.3 Å². The molecule has 0 spiro atoms. The molecule has 3 aromatic rings. The van der Waals surface area contributed by atoms with Crippen LogP contribution in [0.4, 0.5) is 0 Å². The average molecular weight is 304 g/mol. The van der Waals surface area contributed by atoms with E-state index in [0.717, 1.165) is 6.42 Å². The maximum atomic E-state index is 2.53. The Hall–Kier alpha value is -1.91. The topological polar surface area (TPSA) is 0 Å². The van der Waals surface area contributed by atoms with Crippen molar-refractivity contribution in [2.75, 3.05) is 0 Å². The van der Waals surface area contributed by atoms with Gasteiger partial charge in [0.15, 0.2) is 0 Å². The van der Waals surface area contributed by atoms with Gasteiger partial charge in [0.05, 0.1) is 0 Å². The predicted molar refractivity (Wildman–Crippen MR) is 99.7 cm³/mol. The van der Waals surface area contributed by atoms with E-state index in [9.17, 15) is 0 Å². The van der Waals surface area contributed by atoms with Crippen LogP contribution >= 0.6 is 7.26 Å². The molecule has 0 aliphatic carbocycles. The zero-order valence-corrected chi connectivity index (χ0v) is 13.8. The zero-order chi connectivity index (χ0) is 15.3. The molecular weight excluding hydrogens is 283 g/mol. The lowest BCUT2D eigenvalue weighted by molar-refractivity contribution is 1.19. The Kier molecular flexibility index (Phi) is 4.71. The Morgan fingerprint density at radius 3 is 1.18 bits per heavy atom. The highest BCUT2D eigenvalue weighted by atomic mass is 31.2. The molecule has 0 aliphatic heterocycles. The molecule has 1 radical (unpaired) electrons. The summed E-state index contributed by atoms with van der Waals surface area (Å²) in [6.45, 7) is 2.24. The van der Waals surface area contributed by atoms with Crippen LogP contribution in [0.25, 0.3) is 0 Å². The third kappa shape index (κ3) is 2.72. The van der Waals surface area contributed by atoms with Gasteiger partial charge in [-0.05, 0) is 42.8 Å². The standard InChI is InChI=1S/C21H21P/c1-2-18-22(19-12-6-3-7-13-19,20-14-8-4-9-15-20)21-16-10-5-11-17-21/h3-18H,2H2,1H3/q+1. The van der Waals surface area contributed by atoms with Gasteiger partial charge in [0, 0.05) is 0 Å². The van der Waals surface area contributed by atoms with Crippen LogP contribution in [0.15, 0.2) is 91.0 Å². The number of benzene rings is 3. The van der Waals surface area contributed by atoms with Crippen LogP contribution in [-0.2, 0) is 0 Å². The summed E-state index contributed by atoms with van der Waals surface area (Å²) in [6.07, 6.45) is 3.60. The Labute approximate surface area is 134 Å². The zero-order valence-electron chi connectivity index (χ0n) is 12.9. The summed E-state index contributed by atoms with van der Waals surface area (Å²) in [5, 5.41) is 4.28. The third-order valence-electron chi connectivity index (χ3n) is 3.95. The molecule has 0 atom stereocenters. The van der Waals surface area contributed by atoms with Gasteiger partial charge >= 0.3 is 0 Å². The van der Waals surface area contributed by atoms with E-state index in [4.69, 9.17) is 0 Å². The van der Waals surface area contributed by atoms with Gasteiger partial charge in [0.2, 0.25) is 0 Å². The maximum absolute atomic E-state index is 2.53. The molecule has 0 unspecified atom stereocenters. The molecule has 0 aromatic heterocycles. The minimum atomic E-state index is -1.68. The maximum Gasteiger partial charge on any atom is 0.121 e. The summed E-state index contributed by atoms with van der Waals surface area (Å²) in [6, 6.07) is 32.9. The van der Waals surface area contributed by atoms with Gasteiger partial charge in [0.1, 0.15) is 29.3 Å².